The van der Waals surface area contributed by atoms with Crippen LogP contribution in [-0.2, 0) is 12.8 Å². The second-order valence-corrected chi connectivity index (χ2v) is 3.97. The molecular formula is C12H14N4O3. The number of nitro benzene ring substituents is 1. The molecule has 1 aromatic heterocycles. The molecule has 100 valence electrons. The van der Waals surface area contributed by atoms with Crippen molar-refractivity contribution >= 4 is 5.69 Å². The third-order valence-electron chi connectivity index (χ3n) is 2.68. The molecule has 0 aliphatic heterocycles. The SMILES string of the molecule is O=[N+]([O-])c1ccccc1CCNCCc1ncno1. The first-order chi connectivity index (χ1) is 9.27. The predicted octanol–water partition coefficient (Wildman–Crippen LogP) is 1.35. The van der Waals surface area contributed by atoms with Gasteiger partial charge in [-0.2, -0.15) is 4.98 Å². The molecule has 0 saturated carbocycles. The Morgan fingerprint density at radius 3 is 2.79 bits per heavy atom. The van der Waals surface area contributed by atoms with Gasteiger partial charge < -0.3 is 9.84 Å². The number of rotatable bonds is 7. The fourth-order valence-electron chi connectivity index (χ4n) is 1.75. The summed E-state index contributed by atoms with van der Waals surface area (Å²) in [5.41, 5.74) is 0.902. The van der Waals surface area contributed by atoms with Crippen molar-refractivity contribution in [3.63, 3.8) is 0 Å². The van der Waals surface area contributed by atoms with Gasteiger partial charge in [0.2, 0.25) is 5.89 Å². The molecule has 0 spiro atoms. The minimum atomic E-state index is -0.353. The minimum Gasteiger partial charge on any atom is -0.340 e. The molecule has 0 radical (unpaired) electrons. The second-order valence-electron chi connectivity index (χ2n) is 3.97. The molecule has 2 rings (SSSR count). The number of aromatic nitrogens is 2. The molecule has 0 bridgehead atoms. The first kappa shape index (κ1) is 13.2. The maximum absolute atomic E-state index is 10.8. The van der Waals surface area contributed by atoms with Crippen molar-refractivity contribution in [2.75, 3.05) is 13.1 Å². The lowest BCUT2D eigenvalue weighted by atomic mass is 10.1. The fourth-order valence-corrected chi connectivity index (χ4v) is 1.75. The van der Waals surface area contributed by atoms with Gasteiger partial charge in [-0.15, -0.1) is 0 Å². The van der Waals surface area contributed by atoms with E-state index in [0.29, 0.717) is 31.8 Å². The van der Waals surface area contributed by atoms with Crippen LogP contribution in [0.4, 0.5) is 5.69 Å². The Balaban J connectivity index is 1.75. The quantitative estimate of drug-likeness (QED) is 0.460. The van der Waals surface area contributed by atoms with Crippen LogP contribution in [0, 0.1) is 10.1 Å². The largest absolute Gasteiger partial charge is 0.340 e. The Morgan fingerprint density at radius 1 is 1.26 bits per heavy atom. The van der Waals surface area contributed by atoms with Gasteiger partial charge in [-0.1, -0.05) is 23.4 Å². The van der Waals surface area contributed by atoms with Crippen LogP contribution in [-0.4, -0.2) is 28.2 Å². The van der Waals surface area contributed by atoms with Crippen LogP contribution in [0.3, 0.4) is 0 Å². The summed E-state index contributed by atoms with van der Waals surface area (Å²) >= 11 is 0. The maximum Gasteiger partial charge on any atom is 0.272 e. The first-order valence-corrected chi connectivity index (χ1v) is 5.96. The molecule has 7 nitrogen and oxygen atoms in total. The molecule has 0 fully saturated rings. The highest BCUT2D eigenvalue weighted by Crippen LogP contribution is 2.17. The Morgan fingerprint density at radius 2 is 2.05 bits per heavy atom. The van der Waals surface area contributed by atoms with Crippen LogP contribution in [0.2, 0.25) is 0 Å². The Kier molecular flexibility index (Phi) is 4.57. The van der Waals surface area contributed by atoms with Crippen LogP contribution in [0.5, 0.6) is 0 Å². The van der Waals surface area contributed by atoms with Crippen molar-refractivity contribution in [3.05, 3.63) is 52.2 Å². The normalized spacial score (nSPS) is 10.5. The Labute approximate surface area is 109 Å². The van der Waals surface area contributed by atoms with E-state index in [1.807, 2.05) is 0 Å². The highest BCUT2D eigenvalue weighted by Gasteiger charge is 2.11. The van der Waals surface area contributed by atoms with Gasteiger partial charge >= 0.3 is 0 Å². The average molecular weight is 262 g/mol. The number of hydrogen-bond donors (Lipinski definition) is 1. The molecule has 1 aromatic carbocycles. The lowest BCUT2D eigenvalue weighted by Crippen LogP contribution is -2.20. The second kappa shape index (κ2) is 6.60. The summed E-state index contributed by atoms with van der Waals surface area (Å²) in [6.45, 7) is 1.36. The van der Waals surface area contributed by atoms with Crippen molar-refractivity contribution in [1.82, 2.24) is 15.5 Å². The summed E-state index contributed by atoms with van der Waals surface area (Å²) in [5, 5.41) is 17.5. The Bertz CT molecular complexity index is 528. The van der Waals surface area contributed by atoms with E-state index in [1.165, 1.54) is 12.4 Å². The predicted molar refractivity (Wildman–Crippen MR) is 67.7 cm³/mol. The molecule has 1 N–H and O–H groups in total. The molecule has 0 aliphatic carbocycles. The van der Waals surface area contributed by atoms with Crippen LogP contribution in [0.25, 0.3) is 0 Å². The van der Waals surface area contributed by atoms with Gasteiger partial charge in [-0.05, 0) is 13.0 Å². The van der Waals surface area contributed by atoms with Gasteiger partial charge in [0.05, 0.1) is 4.92 Å². The molecule has 0 unspecified atom stereocenters. The summed E-state index contributed by atoms with van der Waals surface area (Å²) in [5.74, 6) is 0.582. The van der Waals surface area contributed by atoms with Gasteiger partial charge in [0.15, 0.2) is 6.33 Å². The third-order valence-corrected chi connectivity index (χ3v) is 2.68. The number of hydrogen-bond acceptors (Lipinski definition) is 6. The highest BCUT2D eigenvalue weighted by atomic mass is 16.6. The number of para-hydroxylation sites is 1. The van der Waals surface area contributed by atoms with E-state index >= 15 is 0 Å². The van der Waals surface area contributed by atoms with Crippen molar-refractivity contribution in [1.29, 1.82) is 0 Å². The summed E-state index contributed by atoms with van der Waals surface area (Å²) in [4.78, 5) is 14.4. The third kappa shape index (κ3) is 3.85. The van der Waals surface area contributed by atoms with Crippen molar-refractivity contribution in [2.24, 2.45) is 0 Å². The number of nitro groups is 1. The fraction of sp³-hybridized carbons (Fsp3) is 0.333. The molecule has 2 aromatic rings. The van der Waals surface area contributed by atoms with Crippen LogP contribution in [0.15, 0.2) is 35.1 Å². The van der Waals surface area contributed by atoms with Crippen LogP contribution in [0.1, 0.15) is 11.5 Å². The van der Waals surface area contributed by atoms with Gasteiger partial charge in [0.25, 0.3) is 5.69 Å². The lowest BCUT2D eigenvalue weighted by molar-refractivity contribution is -0.385. The highest BCUT2D eigenvalue weighted by molar-refractivity contribution is 5.39. The molecule has 0 amide bonds. The number of benzene rings is 1. The standard InChI is InChI=1S/C12H14N4O3/c17-16(18)11-4-2-1-3-10(11)5-7-13-8-6-12-14-9-15-19-12/h1-4,9,13H,5-8H2. The van der Waals surface area contributed by atoms with Crippen LogP contribution >= 0.6 is 0 Å². The molecule has 19 heavy (non-hydrogen) atoms. The maximum atomic E-state index is 10.8. The first-order valence-electron chi connectivity index (χ1n) is 5.96. The molecule has 0 aliphatic rings. The molecule has 0 atom stereocenters. The monoisotopic (exact) mass is 262 g/mol. The van der Waals surface area contributed by atoms with Crippen LogP contribution < -0.4 is 5.32 Å². The summed E-state index contributed by atoms with van der Waals surface area (Å²) < 4.78 is 4.86. The van der Waals surface area contributed by atoms with Gasteiger partial charge in [-0.3, -0.25) is 10.1 Å². The van der Waals surface area contributed by atoms with Crippen molar-refractivity contribution in [3.8, 4) is 0 Å². The average Bonchev–Trinajstić information content (AvgIpc) is 2.92. The topological polar surface area (TPSA) is 94.1 Å². The molecular weight excluding hydrogens is 248 g/mol. The van der Waals surface area contributed by atoms with Gasteiger partial charge in [0.1, 0.15) is 0 Å². The summed E-state index contributed by atoms with van der Waals surface area (Å²) in [6.07, 6.45) is 2.63. The van der Waals surface area contributed by atoms with Gasteiger partial charge in [-0.25, -0.2) is 0 Å². The van der Waals surface area contributed by atoms with Gasteiger partial charge in [0, 0.05) is 24.6 Å². The number of nitrogens with one attached hydrogen (secondary N) is 1. The van der Waals surface area contributed by atoms with E-state index in [9.17, 15) is 10.1 Å². The van der Waals surface area contributed by atoms with Crippen molar-refractivity contribution in [2.45, 2.75) is 12.8 Å². The zero-order valence-electron chi connectivity index (χ0n) is 10.3. The lowest BCUT2D eigenvalue weighted by Gasteiger charge is -2.04. The number of nitrogens with zero attached hydrogens (tertiary/aromatic N) is 3. The zero-order chi connectivity index (χ0) is 13.5. The van der Waals surface area contributed by atoms with E-state index in [1.54, 1.807) is 18.2 Å². The zero-order valence-corrected chi connectivity index (χ0v) is 10.3. The molecule has 7 heteroatoms. The Hall–Kier alpha value is -2.28. The summed E-state index contributed by atoms with van der Waals surface area (Å²) in [6, 6.07) is 6.77. The smallest absolute Gasteiger partial charge is 0.272 e. The molecule has 1 heterocycles. The minimum absolute atomic E-state index is 0.168. The van der Waals surface area contributed by atoms with E-state index < -0.39 is 0 Å². The van der Waals surface area contributed by atoms with E-state index in [0.717, 1.165) is 5.56 Å². The molecule has 0 saturated heterocycles. The van der Waals surface area contributed by atoms with E-state index in [-0.39, 0.29) is 10.6 Å². The van der Waals surface area contributed by atoms with Crippen molar-refractivity contribution < 1.29 is 9.45 Å². The summed E-state index contributed by atoms with van der Waals surface area (Å²) in [7, 11) is 0. The van der Waals surface area contributed by atoms with E-state index in [2.05, 4.69) is 15.5 Å². The van der Waals surface area contributed by atoms with E-state index in [4.69, 9.17) is 4.52 Å².